The molecule has 0 aliphatic carbocycles. The maximum atomic E-state index is 9.14. The lowest BCUT2D eigenvalue weighted by molar-refractivity contribution is 0.251. The minimum absolute atomic E-state index is 0.0144. The number of aromatic nitrogens is 2. The first-order valence-corrected chi connectivity index (χ1v) is 7.40. The summed E-state index contributed by atoms with van der Waals surface area (Å²) in [5, 5.41) is 17.2. The molecule has 1 aromatic carbocycles. The van der Waals surface area contributed by atoms with Gasteiger partial charge in [-0.05, 0) is 19.1 Å². The Bertz CT molecular complexity index is 569. The van der Waals surface area contributed by atoms with Gasteiger partial charge >= 0.3 is 0 Å². The van der Waals surface area contributed by atoms with Crippen molar-refractivity contribution in [2.45, 2.75) is 45.7 Å². The standard InChI is InChI=1S/C17H25N3O/c1-13(12-21)18-10-14-11-20(15-8-6-5-7-9-15)19-16(14)17(2,3)4/h5-9,11,13,18,21H,10,12H2,1-4H3/t13-/m1/s1. The highest BCUT2D eigenvalue weighted by molar-refractivity contribution is 5.34. The van der Waals surface area contributed by atoms with Crippen LogP contribution in [-0.4, -0.2) is 27.5 Å². The average molecular weight is 287 g/mol. The van der Waals surface area contributed by atoms with Crippen molar-refractivity contribution in [1.29, 1.82) is 0 Å². The van der Waals surface area contributed by atoms with Crippen molar-refractivity contribution in [2.75, 3.05) is 6.61 Å². The molecular formula is C17H25N3O. The minimum Gasteiger partial charge on any atom is -0.395 e. The van der Waals surface area contributed by atoms with Gasteiger partial charge in [-0.15, -0.1) is 0 Å². The molecule has 0 spiro atoms. The van der Waals surface area contributed by atoms with E-state index in [-0.39, 0.29) is 18.1 Å². The second-order valence-electron chi connectivity index (χ2n) is 6.50. The number of aliphatic hydroxyl groups excluding tert-OH is 1. The molecule has 2 rings (SSSR count). The second kappa shape index (κ2) is 6.41. The van der Waals surface area contributed by atoms with E-state index in [2.05, 4.69) is 32.3 Å². The number of para-hydroxylation sites is 1. The molecule has 4 nitrogen and oxygen atoms in total. The van der Waals surface area contributed by atoms with Gasteiger partial charge < -0.3 is 10.4 Å². The number of hydrogen-bond acceptors (Lipinski definition) is 3. The molecule has 114 valence electrons. The van der Waals surface area contributed by atoms with Crippen LogP contribution >= 0.6 is 0 Å². The summed E-state index contributed by atoms with van der Waals surface area (Å²) in [4.78, 5) is 0. The van der Waals surface area contributed by atoms with Gasteiger partial charge in [0.25, 0.3) is 0 Å². The predicted octanol–water partition coefficient (Wildman–Crippen LogP) is 2.64. The number of aliphatic hydroxyl groups is 1. The lowest BCUT2D eigenvalue weighted by atomic mass is 9.89. The maximum Gasteiger partial charge on any atom is 0.0727 e. The number of hydrogen-bond donors (Lipinski definition) is 2. The van der Waals surface area contributed by atoms with Gasteiger partial charge in [0.05, 0.1) is 18.0 Å². The third-order valence-corrected chi connectivity index (χ3v) is 3.44. The van der Waals surface area contributed by atoms with E-state index >= 15 is 0 Å². The first kappa shape index (κ1) is 15.7. The summed E-state index contributed by atoms with van der Waals surface area (Å²) in [7, 11) is 0. The zero-order valence-corrected chi connectivity index (χ0v) is 13.3. The van der Waals surface area contributed by atoms with Gasteiger partial charge in [0.15, 0.2) is 0 Å². The Kier molecular flexibility index (Phi) is 4.80. The summed E-state index contributed by atoms with van der Waals surface area (Å²) in [5.41, 5.74) is 3.31. The van der Waals surface area contributed by atoms with Crippen LogP contribution in [0, 0.1) is 0 Å². The Labute approximate surface area is 126 Å². The molecule has 21 heavy (non-hydrogen) atoms. The largest absolute Gasteiger partial charge is 0.395 e. The van der Waals surface area contributed by atoms with Crippen molar-refractivity contribution in [1.82, 2.24) is 15.1 Å². The number of nitrogens with zero attached hydrogens (tertiary/aromatic N) is 2. The van der Waals surface area contributed by atoms with E-state index in [0.717, 1.165) is 11.4 Å². The van der Waals surface area contributed by atoms with Crippen LogP contribution in [0.5, 0.6) is 0 Å². The van der Waals surface area contributed by atoms with Crippen molar-refractivity contribution < 1.29 is 5.11 Å². The molecule has 0 amide bonds. The first-order valence-electron chi connectivity index (χ1n) is 7.40. The predicted molar refractivity (Wildman–Crippen MR) is 85.7 cm³/mol. The Hall–Kier alpha value is -1.65. The fraction of sp³-hybridized carbons (Fsp3) is 0.471. The van der Waals surface area contributed by atoms with Crippen molar-refractivity contribution in [2.24, 2.45) is 0 Å². The van der Waals surface area contributed by atoms with Crippen molar-refractivity contribution in [3.05, 3.63) is 47.8 Å². The van der Waals surface area contributed by atoms with Crippen LogP contribution < -0.4 is 5.32 Å². The highest BCUT2D eigenvalue weighted by atomic mass is 16.3. The molecule has 1 atom stereocenters. The van der Waals surface area contributed by atoms with Gasteiger partial charge in [0.2, 0.25) is 0 Å². The summed E-state index contributed by atoms with van der Waals surface area (Å²) >= 11 is 0. The van der Waals surface area contributed by atoms with Crippen LogP contribution in [0.1, 0.15) is 39.0 Å². The highest BCUT2D eigenvalue weighted by Crippen LogP contribution is 2.25. The van der Waals surface area contributed by atoms with Gasteiger partial charge in [-0.25, -0.2) is 4.68 Å². The third-order valence-electron chi connectivity index (χ3n) is 3.44. The smallest absolute Gasteiger partial charge is 0.0727 e. The maximum absolute atomic E-state index is 9.14. The van der Waals surface area contributed by atoms with Gasteiger partial charge in [-0.3, -0.25) is 0 Å². The molecule has 0 saturated carbocycles. The van der Waals surface area contributed by atoms with Crippen molar-refractivity contribution in [3.63, 3.8) is 0 Å². The first-order chi connectivity index (χ1) is 9.91. The number of nitrogens with one attached hydrogen (secondary N) is 1. The molecule has 0 bridgehead atoms. The van der Waals surface area contributed by atoms with Crippen LogP contribution in [0.25, 0.3) is 5.69 Å². The van der Waals surface area contributed by atoms with E-state index in [1.807, 2.05) is 41.9 Å². The van der Waals surface area contributed by atoms with Crippen LogP contribution in [0.15, 0.2) is 36.5 Å². The molecule has 0 radical (unpaired) electrons. The zero-order valence-electron chi connectivity index (χ0n) is 13.3. The zero-order chi connectivity index (χ0) is 15.5. The molecule has 0 aliphatic rings. The molecule has 0 fully saturated rings. The van der Waals surface area contributed by atoms with E-state index in [0.29, 0.717) is 6.54 Å². The Morgan fingerprint density at radius 3 is 2.48 bits per heavy atom. The Morgan fingerprint density at radius 1 is 1.24 bits per heavy atom. The van der Waals surface area contributed by atoms with Gasteiger partial charge in [0, 0.05) is 29.8 Å². The van der Waals surface area contributed by atoms with Gasteiger partial charge in [-0.2, -0.15) is 5.10 Å². The Morgan fingerprint density at radius 2 is 1.90 bits per heavy atom. The molecule has 2 aromatic rings. The van der Waals surface area contributed by atoms with Crippen LogP contribution in [0.3, 0.4) is 0 Å². The van der Waals surface area contributed by atoms with E-state index in [4.69, 9.17) is 10.2 Å². The highest BCUT2D eigenvalue weighted by Gasteiger charge is 2.22. The SMILES string of the molecule is C[C@H](CO)NCc1cn(-c2ccccc2)nc1C(C)(C)C. The van der Waals surface area contributed by atoms with Crippen molar-refractivity contribution in [3.8, 4) is 5.69 Å². The molecule has 1 heterocycles. The number of rotatable bonds is 5. The topological polar surface area (TPSA) is 50.1 Å². The molecular weight excluding hydrogens is 262 g/mol. The lowest BCUT2D eigenvalue weighted by Gasteiger charge is -2.18. The fourth-order valence-electron chi connectivity index (χ4n) is 2.23. The average Bonchev–Trinajstić information content (AvgIpc) is 2.90. The Balaban J connectivity index is 2.32. The van der Waals surface area contributed by atoms with E-state index in [1.54, 1.807) is 0 Å². The molecule has 0 aliphatic heterocycles. The van der Waals surface area contributed by atoms with E-state index in [9.17, 15) is 0 Å². The lowest BCUT2D eigenvalue weighted by Crippen LogP contribution is -2.29. The summed E-state index contributed by atoms with van der Waals surface area (Å²) in [6.45, 7) is 9.33. The minimum atomic E-state index is -0.0144. The number of benzene rings is 1. The summed E-state index contributed by atoms with van der Waals surface area (Å²) in [5.74, 6) is 0. The molecule has 0 saturated heterocycles. The quantitative estimate of drug-likeness (QED) is 0.889. The third kappa shape index (κ3) is 3.93. The summed E-state index contributed by atoms with van der Waals surface area (Å²) < 4.78 is 1.93. The van der Waals surface area contributed by atoms with Crippen LogP contribution in [0.2, 0.25) is 0 Å². The van der Waals surface area contributed by atoms with Gasteiger partial charge in [-0.1, -0.05) is 39.0 Å². The molecule has 0 unspecified atom stereocenters. The van der Waals surface area contributed by atoms with Crippen molar-refractivity contribution >= 4 is 0 Å². The van der Waals surface area contributed by atoms with Crippen LogP contribution in [0.4, 0.5) is 0 Å². The van der Waals surface area contributed by atoms with Gasteiger partial charge in [0.1, 0.15) is 0 Å². The summed E-state index contributed by atoms with van der Waals surface area (Å²) in [6.07, 6.45) is 2.08. The van der Waals surface area contributed by atoms with Crippen LogP contribution in [-0.2, 0) is 12.0 Å². The molecule has 2 N–H and O–H groups in total. The van der Waals surface area contributed by atoms with E-state index < -0.39 is 0 Å². The second-order valence-corrected chi connectivity index (χ2v) is 6.50. The molecule has 4 heteroatoms. The summed E-state index contributed by atoms with van der Waals surface area (Å²) in [6, 6.07) is 10.2. The fourth-order valence-corrected chi connectivity index (χ4v) is 2.23. The monoisotopic (exact) mass is 287 g/mol. The normalized spacial score (nSPS) is 13.4. The van der Waals surface area contributed by atoms with E-state index in [1.165, 1.54) is 5.56 Å². The molecule has 1 aromatic heterocycles.